The predicted octanol–water partition coefficient (Wildman–Crippen LogP) is 3.44. The fourth-order valence-electron chi connectivity index (χ4n) is 3.43. The summed E-state index contributed by atoms with van der Waals surface area (Å²) in [5.41, 5.74) is 2.34. The lowest BCUT2D eigenvalue weighted by atomic mass is 10.1. The molecule has 140 valence electrons. The van der Waals surface area contributed by atoms with E-state index in [0.717, 1.165) is 42.9 Å². The van der Waals surface area contributed by atoms with E-state index in [1.54, 1.807) is 14.2 Å². The molecule has 1 unspecified atom stereocenters. The van der Waals surface area contributed by atoms with E-state index in [0.29, 0.717) is 11.5 Å². The topological polar surface area (TPSA) is 51.7 Å². The second kappa shape index (κ2) is 8.54. The van der Waals surface area contributed by atoms with Crippen molar-refractivity contribution in [1.29, 1.82) is 0 Å². The van der Waals surface area contributed by atoms with Crippen molar-refractivity contribution in [3.63, 3.8) is 0 Å². The number of aryl methyl sites for hydroxylation is 1. The van der Waals surface area contributed by atoms with Crippen LogP contribution in [0, 0.1) is 0 Å². The summed E-state index contributed by atoms with van der Waals surface area (Å²) < 4.78 is 23.6. The third kappa shape index (κ3) is 3.85. The maximum Gasteiger partial charge on any atom is 0.161 e. The molecule has 0 N–H and O–H groups in total. The first-order chi connectivity index (χ1) is 12.7. The predicted molar refractivity (Wildman–Crippen MR) is 105 cm³/mol. The highest BCUT2D eigenvalue weighted by Gasteiger charge is 2.26. The SMILES string of the molecule is CCc1ncccc1N1CCC(S(=O)c2ccc(OC)c(OC)c2)CC1. The number of anilines is 1. The molecule has 2 aromatic rings. The van der Waals surface area contributed by atoms with E-state index in [9.17, 15) is 4.21 Å². The standard InChI is InChI=1S/C20H26N2O3S/c1-4-17-18(6-5-11-21-17)22-12-9-15(10-13-22)26(23)16-7-8-19(24-2)20(14-16)25-3/h5-8,11,14-15H,4,9-10,12-13H2,1-3H3. The monoisotopic (exact) mass is 374 g/mol. The van der Waals surface area contributed by atoms with Crippen LogP contribution in [-0.2, 0) is 17.2 Å². The van der Waals surface area contributed by atoms with Crippen LogP contribution >= 0.6 is 0 Å². The summed E-state index contributed by atoms with van der Waals surface area (Å²) in [6, 6.07) is 9.65. The minimum absolute atomic E-state index is 0.158. The summed E-state index contributed by atoms with van der Waals surface area (Å²) in [6.07, 6.45) is 4.58. The zero-order chi connectivity index (χ0) is 18.5. The smallest absolute Gasteiger partial charge is 0.161 e. The third-order valence-electron chi connectivity index (χ3n) is 4.87. The minimum Gasteiger partial charge on any atom is -0.493 e. The van der Waals surface area contributed by atoms with Crippen molar-refractivity contribution in [1.82, 2.24) is 4.98 Å². The van der Waals surface area contributed by atoms with Gasteiger partial charge in [-0.2, -0.15) is 0 Å². The number of methoxy groups -OCH3 is 2. The molecule has 0 aliphatic carbocycles. The number of ether oxygens (including phenoxy) is 2. The Labute approximate surface area is 157 Å². The van der Waals surface area contributed by atoms with E-state index < -0.39 is 10.8 Å². The van der Waals surface area contributed by atoms with Gasteiger partial charge in [0.1, 0.15) is 0 Å². The molecular formula is C20H26N2O3S. The minimum atomic E-state index is -1.05. The number of aromatic nitrogens is 1. The number of pyridine rings is 1. The van der Waals surface area contributed by atoms with E-state index in [4.69, 9.17) is 9.47 Å². The summed E-state index contributed by atoms with van der Waals surface area (Å²) in [4.78, 5) is 7.65. The summed E-state index contributed by atoms with van der Waals surface area (Å²) >= 11 is 0. The molecule has 1 aromatic heterocycles. The first-order valence-electron chi connectivity index (χ1n) is 8.99. The summed E-state index contributed by atoms with van der Waals surface area (Å²) in [7, 11) is 2.16. The van der Waals surface area contributed by atoms with Crippen LogP contribution in [0.2, 0.25) is 0 Å². The van der Waals surface area contributed by atoms with Crippen molar-refractivity contribution in [3.05, 3.63) is 42.2 Å². The summed E-state index contributed by atoms with van der Waals surface area (Å²) in [6.45, 7) is 3.94. The highest BCUT2D eigenvalue weighted by Crippen LogP contribution is 2.32. The van der Waals surface area contributed by atoms with Crippen LogP contribution in [0.15, 0.2) is 41.4 Å². The van der Waals surface area contributed by atoms with Gasteiger partial charge in [-0.05, 0) is 43.5 Å². The molecule has 1 aromatic carbocycles. The van der Waals surface area contributed by atoms with Gasteiger partial charge in [0.05, 0.1) is 36.4 Å². The van der Waals surface area contributed by atoms with E-state index in [-0.39, 0.29) is 5.25 Å². The molecule has 3 rings (SSSR count). The van der Waals surface area contributed by atoms with Crippen LogP contribution in [0.4, 0.5) is 5.69 Å². The zero-order valence-corrected chi connectivity index (χ0v) is 16.4. The van der Waals surface area contributed by atoms with Gasteiger partial charge in [-0.15, -0.1) is 0 Å². The van der Waals surface area contributed by atoms with Gasteiger partial charge in [0.25, 0.3) is 0 Å². The molecule has 1 aliphatic heterocycles. The van der Waals surface area contributed by atoms with Gasteiger partial charge in [-0.1, -0.05) is 6.92 Å². The highest BCUT2D eigenvalue weighted by atomic mass is 32.2. The van der Waals surface area contributed by atoms with Gasteiger partial charge < -0.3 is 14.4 Å². The van der Waals surface area contributed by atoms with Gasteiger partial charge in [0.2, 0.25) is 0 Å². The maximum absolute atomic E-state index is 13.0. The number of hydrogen-bond donors (Lipinski definition) is 0. The maximum atomic E-state index is 13.0. The Bertz CT molecular complexity index is 773. The Balaban J connectivity index is 1.69. The van der Waals surface area contributed by atoms with Crippen molar-refractivity contribution in [2.45, 2.75) is 36.3 Å². The second-order valence-electron chi connectivity index (χ2n) is 6.32. The largest absolute Gasteiger partial charge is 0.493 e. The molecule has 1 saturated heterocycles. The zero-order valence-electron chi connectivity index (χ0n) is 15.6. The van der Waals surface area contributed by atoms with E-state index in [2.05, 4.69) is 22.9 Å². The fraction of sp³-hybridized carbons (Fsp3) is 0.450. The van der Waals surface area contributed by atoms with Crippen LogP contribution in [0.25, 0.3) is 0 Å². The molecule has 1 aliphatic rings. The molecule has 0 amide bonds. The van der Waals surface area contributed by atoms with Crippen molar-refractivity contribution < 1.29 is 13.7 Å². The summed E-state index contributed by atoms with van der Waals surface area (Å²) in [5, 5.41) is 0.158. The van der Waals surface area contributed by atoms with Crippen molar-refractivity contribution >= 4 is 16.5 Å². The first kappa shape index (κ1) is 18.7. The van der Waals surface area contributed by atoms with Crippen molar-refractivity contribution in [3.8, 4) is 11.5 Å². The molecule has 6 heteroatoms. The number of nitrogens with zero attached hydrogens (tertiary/aromatic N) is 2. The second-order valence-corrected chi connectivity index (χ2v) is 8.06. The van der Waals surface area contributed by atoms with Crippen LogP contribution in [0.1, 0.15) is 25.5 Å². The Hall–Kier alpha value is -2.08. The summed E-state index contributed by atoms with van der Waals surface area (Å²) in [5.74, 6) is 1.28. The average molecular weight is 375 g/mol. The lowest BCUT2D eigenvalue weighted by Crippen LogP contribution is -2.38. The molecule has 2 heterocycles. The molecule has 26 heavy (non-hydrogen) atoms. The quantitative estimate of drug-likeness (QED) is 0.775. The van der Waals surface area contributed by atoms with E-state index in [1.807, 2.05) is 30.5 Å². The van der Waals surface area contributed by atoms with Crippen LogP contribution < -0.4 is 14.4 Å². The van der Waals surface area contributed by atoms with Gasteiger partial charge >= 0.3 is 0 Å². The number of benzene rings is 1. The average Bonchev–Trinajstić information content (AvgIpc) is 2.72. The van der Waals surface area contributed by atoms with Crippen molar-refractivity contribution in [2.24, 2.45) is 0 Å². The van der Waals surface area contributed by atoms with Crippen molar-refractivity contribution in [2.75, 3.05) is 32.2 Å². The number of hydrogen-bond acceptors (Lipinski definition) is 5. The molecule has 1 atom stereocenters. The lowest BCUT2D eigenvalue weighted by molar-refractivity contribution is 0.354. The fourth-order valence-corrected chi connectivity index (χ4v) is 4.88. The number of rotatable bonds is 6. The molecule has 0 bridgehead atoms. The van der Waals surface area contributed by atoms with E-state index in [1.165, 1.54) is 5.69 Å². The Morgan fingerprint density at radius 2 is 1.88 bits per heavy atom. The molecule has 5 nitrogen and oxygen atoms in total. The van der Waals surface area contributed by atoms with Gasteiger partial charge in [-0.25, -0.2) is 0 Å². The van der Waals surface area contributed by atoms with Gasteiger partial charge in [0, 0.05) is 35.5 Å². The lowest BCUT2D eigenvalue weighted by Gasteiger charge is -2.34. The van der Waals surface area contributed by atoms with E-state index >= 15 is 0 Å². The van der Waals surface area contributed by atoms with Crippen LogP contribution in [0.3, 0.4) is 0 Å². The number of piperidine rings is 1. The van der Waals surface area contributed by atoms with Gasteiger partial charge in [-0.3, -0.25) is 9.19 Å². The molecule has 1 fully saturated rings. The molecule has 0 spiro atoms. The highest BCUT2D eigenvalue weighted by molar-refractivity contribution is 7.85. The van der Waals surface area contributed by atoms with Crippen LogP contribution in [0.5, 0.6) is 11.5 Å². The van der Waals surface area contributed by atoms with Gasteiger partial charge in [0.15, 0.2) is 11.5 Å². The molecule has 0 radical (unpaired) electrons. The van der Waals surface area contributed by atoms with Crippen LogP contribution in [-0.4, -0.2) is 41.8 Å². The Kier molecular flexibility index (Phi) is 6.14. The third-order valence-corrected chi connectivity index (χ3v) is 6.67. The molecule has 0 saturated carbocycles. The molecular weight excluding hydrogens is 348 g/mol. The first-order valence-corrected chi connectivity index (χ1v) is 10.2. The Morgan fingerprint density at radius 3 is 2.54 bits per heavy atom. The Morgan fingerprint density at radius 1 is 1.15 bits per heavy atom. The normalized spacial score (nSPS) is 16.3.